The maximum atomic E-state index is 11.8. The summed E-state index contributed by atoms with van der Waals surface area (Å²) in [6.07, 6.45) is 10.4. The van der Waals surface area contributed by atoms with Crippen LogP contribution in [0.4, 0.5) is 0 Å². The van der Waals surface area contributed by atoms with Crippen LogP contribution in [-0.4, -0.2) is 47.0 Å². The van der Waals surface area contributed by atoms with Crippen molar-refractivity contribution in [3.63, 3.8) is 0 Å². The fourth-order valence-corrected chi connectivity index (χ4v) is 2.85. The van der Waals surface area contributed by atoms with Gasteiger partial charge in [0, 0.05) is 12.6 Å². The fraction of sp³-hybridized carbons (Fsp3) is 0.667. The first kappa shape index (κ1) is 16.2. The van der Waals surface area contributed by atoms with E-state index >= 15 is 0 Å². The topological polar surface area (TPSA) is 58.1 Å². The Balaban J connectivity index is 1.64. The molecule has 0 bridgehead atoms. The highest BCUT2D eigenvalue weighted by Gasteiger charge is 2.17. The molecule has 0 saturated heterocycles. The van der Waals surface area contributed by atoms with Gasteiger partial charge >= 0.3 is 0 Å². The van der Waals surface area contributed by atoms with Gasteiger partial charge in [-0.25, -0.2) is 9.97 Å². The van der Waals surface area contributed by atoms with Crippen LogP contribution in [0, 0.1) is 0 Å². The second-order valence-corrected chi connectivity index (χ2v) is 5.99. The number of halogens is 1. The minimum atomic E-state index is -0.195. The Morgan fingerprint density at radius 2 is 2.10 bits per heavy atom. The molecule has 21 heavy (non-hydrogen) atoms. The Morgan fingerprint density at radius 1 is 1.33 bits per heavy atom. The first-order valence-corrected chi connectivity index (χ1v) is 8.00. The molecule has 2 rings (SSSR count). The van der Waals surface area contributed by atoms with Gasteiger partial charge in [-0.2, -0.15) is 0 Å². The molecule has 0 unspecified atom stereocenters. The van der Waals surface area contributed by atoms with E-state index in [9.17, 15) is 4.79 Å². The Hall–Kier alpha value is -1.20. The van der Waals surface area contributed by atoms with Gasteiger partial charge in [-0.15, -0.1) is 0 Å². The standard InChI is InChI=1S/C15H23ClN4O/c1-20(12-6-3-2-4-7-12)9-5-8-17-15(21)13-10-19-14(16)11-18-13/h10-12H,2-9H2,1H3,(H,17,21). The van der Waals surface area contributed by atoms with Crippen molar-refractivity contribution in [2.75, 3.05) is 20.1 Å². The molecule has 116 valence electrons. The highest BCUT2D eigenvalue weighted by Crippen LogP contribution is 2.21. The summed E-state index contributed by atoms with van der Waals surface area (Å²) in [6.45, 7) is 1.66. The number of hydrogen-bond acceptors (Lipinski definition) is 4. The molecule has 0 atom stereocenters. The molecule has 0 aliphatic heterocycles. The number of amides is 1. The first-order valence-electron chi connectivity index (χ1n) is 7.63. The Morgan fingerprint density at radius 3 is 2.76 bits per heavy atom. The maximum absolute atomic E-state index is 11.8. The summed E-state index contributed by atoms with van der Waals surface area (Å²) in [6, 6.07) is 0.719. The zero-order chi connectivity index (χ0) is 15.1. The Labute approximate surface area is 131 Å². The van der Waals surface area contributed by atoms with E-state index < -0.39 is 0 Å². The molecule has 1 aromatic rings. The van der Waals surface area contributed by atoms with Gasteiger partial charge < -0.3 is 10.2 Å². The second-order valence-electron chi connectivity index (χ2n) is 5.61. The lowest BCUT2D eigenvalue weighted by Gasteiger charge is -2.31. The number of carbonyl (C=O) groups is 1. The number of aromatic nitrogens is 2. The van der Waals surface area contributed by atoms with Gasteiger partial charge in [0.15, 0.2) is 0 Å². The highest BCUT2D eigenvalue weighted by molar-refractivity contribution is 6.29. The van der Waals surface area contributed by atoms with Crippen LogP contribution in [-0.2, 0) is 0 Å². The largest absolute Gasteiger partial charge is 0.351 e. The quantitative estimate of drug-likeness (QED) is 0.820. The van der Waals surface area contributed by atoms with E-state index in [0.717, 1.165) is 19.0 Å². The van der Waals surface area contributed by atoms with E-state index in [2.05, 4.69) is 27.2 Å². The molecule has 5 nitrogen and oxygen atoms in total. The van der Waals surface area contributed by atoms with Gasteiger partial charge in [0.1, 0.15) is 10.8 Å². The normalized spacial score (nSPS) is 16.1. The number of hydrogen-bond donors (Lipinski definition) is 1. The van der Waals surface area contributed by atoms with Gasteiger partial charge in [-0.1, -0.05) is 30.9 Å². The summed E-state index contributed by atoms with van der Waals surface area (Å²) in [4.78, 5) is 22.1. The lowest BCUT2D eigenvalue weighted by Crippen LogP contribution is -2.36. The van der Waals surface area contributed by atoms with Gasteiger partial charge in [0.25, 0.3) is 5.91 Å². The van der Waals surface area contributed by atoms with Crippen LogP contribution in [0.1, 0.15) is 49.0 Å². The summed E-state index contributed by atoms with van der Waals surface area (Å²) < 4.78 is 0. The van der Waals surface area contributed by atoms with Crippen LogP contribution in [0.5, 0.6) is 0 Å². The van der Waals surface area contributed by atoms with Gasteiger partial charge in [-0.05, 0) is 32.9 Å². The third-order valence-electron chi connectivity index (χ3n) is 4.02. The van der Waals surface area contributed by atoms with Crippen LogP contribution >= 0.6 is 11.6 Å². The van der Waals surface area contributed by atoms with E-state index in [0.29, 0.717) is 17.4 Å². The molecular formula is C15H23ClN4O. The first-order chi connectivity index (χ1) is 10.2. The van der Waals surface area contributed by atoms with Crippen LogP contribution < -0.4 is 5.32 Å². The monoisotopic (exact) mass is 310 g/mol. The molecule has 0 radical (unpaired) electrons. The third-order valence-corrected chi connectivity index (χ3v) is 4.22. The number of carbonyl (C=O) groups excluding carboxylic acids is 1. The molecule has 1 saturated carbocycles. The number of nitrogens with one attached hydrogen (secondary N) is 1. The molecule has 1 aliphatic rings. The molecule has 1 heterocycles. The van der Waals surface area contributed by atoms with Crippen molar-refractivity contribution < 1.29 is 4.79 Å². The summed E-state index contributed by atoms with van der Waals surface area (Å²) >= 11 is 5.64. The zero-order valence-corrected chi connectivity index (χ0v) is 13.3. The molecule has 0 aromatic carbocycles. The van der Waals surface area contributed by atoms with Crippen molar-refractivity contribution in [3.8, 4) is 0 Å². The Kier molecular flexibility index (Phi) is 6.39. The lowest BCUT2D eigenvalue weighted by molar-refractivity contribution is 0.0945. The predicted octanol–water partition coefficient (Wildman–Crippen LogP) is 2.51. The van der Waals surface area contributed by atoms with Crippen molar-refractivity contribution in [2.45, 2.75) is 44.6 Å². The van der Waals surface area contributed by atoms with Crippen LogP contribution in [0.3, 0.4) is 0 Å². The molecule has 1 fully saturated rings. The maximum Gasteiger partial charge on any atom is 0.271 e. The predicted molar refractivity (Wildman–Crippen MR) is 83.5 cm³/mol. The molecule has 1 N–H and O–H groups in total. The van der Waals surface area contributed by atoms with E-state index in [1.807, 2.05) is 0 Å². The Bertz CT molecular complexity index is 445. The molecule has 1 aliphatic carbocycles. The summed E-state index contributed by atoms with van der Waals surface area (Å²) in [5, 5.41) is 3.16. The SMILES string of the molecule is CN(CCCNC(=O)c1cnc(Cl)cn1)C1CCCCC1. The highest BCUT2D eigenvalue weighted by atomic mass is 35.5. The minimum absolute atomic E-state index is 0.195. The molecule has 1 aromatic heterocycles. The fourth-order valence-electron chi connectivity index (χ4n) is 2.75. The average Bonchev–Trinajstić information content (AvgIpc) is 2.52. The van der Waals surface area contributed by atoms with Crippen molar-refractivity contribution >= 4 is 17.5 Å². The van der Waals surface area contributed by atoms with Gasteiger partial charge in [-0.3, -0.25) is 4.79 Å². The van der Waals surface area contributed by atoms with Crippen molar-refractivity contribution in [3.05, 3.63) is 23.2 Å². The van der Waals surface area contributed by atoms with Crippen molar-refractivity contribution in [1.82, 2.24) is 20.2 Å². The van der Waals surface area contributed by atoms with Crippen molar-refractivity contribution in [1.29, 1.82) is 0 Å². The van der Waals surface area contributed by atoms with E-state index in [-0.39, 0.29) is 5.91 Å². The molecular weight excluding hydrogens is 288 g/mol. The number of rotatable bonds is 6. The molecule has 1 amide bonds. The molecule has 0 spiro atoms. The zero-order valence-electron chi connectivity index (χ0n) is 12.5. The summed E-state index contributed by atoms with van der Waals surface area (Å²) in [5.41, 5.74) is 0.306. The lowest BCUT2D eigenvalue weighted by atomic mass is 9.94. The van der Waals surface area contributed by atoms with E-state index in [1.165, 1.54) is 44.5 Å². The third kappa shape index (κ3) is 5.25. The van der Waals surface area contributed by atoms with Crippen LogP contribution in [0.15, 0.2) is 12.4 Å². The summed E-state index contributed by atoms with van der Waals surface area (Å²) in [7, 11) is 2.18. The van der Waals surface area contributed by atoms with Gasteiger partial charge in [0.2, 0.25) is 0 Å². The molecule has 6 heteroatoms. The van der Waals surface area contributed by atoms with Gasteiger partial charge in [0.05, 0.1) is 12.4 Å². The van der Waals surface area contributed by atoms with E-state index in [1.54, 1.807) is 0 Å². The van der Waals surface area contributed by atoms with Crippen LogP contribution in [0.25, 0.3) is 0 Å². The second kappa shape index (κ2) is 8.29. The average molecular weight is 311 g/mol. The van der Waals surface area contributed by atoms with Crippen molar-refractivity contribution in [2.24, 2.45) is 0 Å². The number of nitrogens with zero attached hydrogens (tertiary/aromatic N) is 3. The van der Waals surface area contributed by atoms with Crippen LogP contribution in [0.2, 0.25) is 5.15 Å². The minimum Gasteiger partial charge on any atom is -0.351 e. The van der Waals surface area contributed by atoms with E-state index in [4.69, 9.17) is 11.6 Å². The smallest absolute Gasteiger partial charge is 0.271 e. The summed E-state index contributed by atoms with van der Waals surface area (Å²) in [5.74, 6) is -0.195.